The standard InChI is InChI=1S/C21H23N3O4/c1-14(2)12-18-20(26)24(21(27)23-18)13-19(25)22-15-8-10-17(11-9-15)28-16-6-4-3-5-7-16/h3-11,14,18H,12-13H2,1-2H3,(H,22,25)(H,23,27)/t18-/m0/s1. The first-order valence-electron chi connectivity index (χ1n) is 9.17. The SMILES string of the molecule is CC(C)C[C@@H]1NC(=O)N(CC(=O)Nc2ccc(Oc3ccccc3)cc2)C1=O. The molecule has 1 saturated heterocycles. The van der Waals surface area contributed by atoms with E-state index in [9.17, 15) is 14.4 Å². The summed E-state index contributed by atoms with van der Waals surface area (Å²) in [5, 5.41) is 5.31. The third-order valence-electron chi connectivity index (χ3n) is 4.23. The molecular formula is C21H23N3O4. The van der Waals surface area contributed by atoms with Gasteiger partial charge in [0.2, 0.25) is 5.91 Å². The van der Waals surface area contributed by atoms with Crippen LogP contribution in [0.25, 0.3) is 0 Å². The van der Waals surface area contributed by atoms with Gasteiger partial charge in [0.1, 0.15) is 24.1 Å². The molecule has 2 aromatic carbocycles. The van der Waals surface area contributed by atoms with E-state index in [1.165, 1.54) is 0 Å². The quantitative estimate of drug-likeness (QED) is 0.720. The average molecular weight is 381 g/mol. The summed E-state index contributed by atoms with van der Waals surface area (Å²) in [7, 11) is 0. The zero-order chi connectivity index (χ0) is 20.1. The molecular weight excluding hydrogens is 358 g/mol. The maximum absolute atomic E-state index is 12.3. The van der Waals surface area contributed by atoms with Crippen molar-refractivity contribution in [2.75, 3.05) is 11.9 Å². The third kappa shape index (κ3) is 4.88. The number of carbonyl (C=O) groups is 3. The van der Waals surface area contributed by atoms with E-state index in [0.717, 1.165) is 4.90 Å². The lowest BCUT2D eigenvalue weighted by Gasteiger charge is -2.14. The van der Waals surface area contributed by atoms with Crippen molar-refractivity contribution in [3.63, 3.8) is 0 Å². The minimum Gasteiger partial charge on any atom is -0.457 e. The number of nitrogens with zero attached hydrogens (tertiary/aromatic N) is 1. The van der Waals surface area contributed by atoms with E-state index in [2.05, 4.69) is 10.6 Å². The molecule has 2 N–H and O–H groups in total. The number of hydrogen-bond donors (Lipinski definition) is 2. The maximum Gasteiger partial charge on any atom is 0.325 e. The van der Waals surface area contributed by atoms with Crippen LogP contribution in [0.1, 0.15) is 20.3 Å². The summed E-state index contributed by atoms with van der Waals surface area (Å²) in [5.74, 6) is 0.814. The van der Waals surface area contributed by atoms with Crippen LogP contribution in [0.2, 0.25) is 0 Å². The lowest BCUT2D eigenvalue weighted by Crippen LogP contribution is -2.38. The zero-order valence-electron chi connectivity index (χ0n) is 15.8. The molecule has 0 aromatic heterocycles. The zero-order valence-corrected chi connectivity index (χ0v) is 15.8. The molecule has 7 nitrogen and oxygen atoms in total. The van der Waals surface area contributed by atoms with Gasteiger partial charge in [0.15, 0.2) is 0 Å². The highest BCUT2D eigenvalue weighted by Crippen LogP contribution is 2.22. The number of anilines is 1. The number of hydrogen-bond acceptors (Lipinski definition) is 4. The van der Waals surface area contributed by atoms with Crippen molar-refractivity contribution in [3.05, 3.63) is 54.6 Å². The maximum atomic E-state index is 12.3. The molecule has 1 aliphatic heterocycles. The number of nitrogens with one attached hydrogen (secondary N) is 2. The molecule has 7 heteroatoms. The second kappa shape index (κ2) is 8.56. The van der Waals surface area contributed by atoms with Crippen molar-refractivity contribution in [2.45, 2.75) is 26.3 Å². The minimum absolute atomic E-state index is 0.264. The predicted molar refractivity (Wildman–Crippen MR) is 105 cm³/mol. The number of para-hydroxylation sites is 1. The summed E-state index contributed by atoms with van der Waals surface area (Å²) >= 11 is 0. The van der Waals surface area contributed by atoms with Crippen LogP contribution in [0.3, 0.4) is 0 Å². The van der Waals surface area contributed by atoms with Gasteiger partial charge in [-0.2, -0.15) is 0 Å². The van der Waals surface area contributed by atoms with Crippen LogP contribution < -0.4 is 15.4 Å². The van der Waals surface area contributed by atoms with E-state index >= 15 is 0 Å². The molecule has 0 radical (unpaired) electrons. The Morgan fingerprint density at radius 1 is 1.07 bits per heavy atom. The highest BCUT2D eigenvalue weighted by atomic mass is 16.5. The van der Waals surface area contributed by atoms with Crippen LogP contribution in [0.15, 0.2) is 54.6 Å². The Kier molecular flexibility index (Phi) is 5.93. The molecule has 28 heavy (non-hydrogen) atoms. The molecule has 0 bridgehead atoms. The molecule has 1 atom stereocenters. The molecule has 1 heterocycles. The molecule has 1 fully saturated rings. The Balaban J connectivity index is 1.55. The van der Waals surface area contributed by atoms with Gasteiger partial charge < -0.3 is 15.4 Å². The first-order valence-corrected chi connectivity index (χ1v) is 9.17. The molecule has 4 amide bonds. The number of carbonyl (C=O) groups excluding carboxylic acids is 3. The molecule has 0 unspecified atom stereocenters. The topological polar surface area (TPSA) is 87.7 Å². The van der Waals surface area contributed by atoms with Gasteiger partial charge >= 0.3 is 6.03 Å². The summed E-state index contributed by atoms with van der Waals surface area (Å²) in [5.41, 5.74) is 0.552. The van der Waals surface area contributed by atoms with E-state index in [0.29, 0.717) is 23.6 Å². The van der Waals surface area contributed by atoms with Gasteiger partial charge in [0, 0.05) is 5.69 Å². The normalized spacial score (nSPS) is 16.2. The Bertz CT molecular complexity index is 850. The molecule has 3 rings (SSSR count). The number of rotatable bonds is 7. The van der Waals surface area contributed by atoms with Crippen LogP contribution in [0.5, 0.6) is 11.5 Å². The van der Waals surface area contributed by atoms with Crippen molar-refractivity contribution in [2.24, 2.45) is 5.92 Å². The number of amides is 4. The second-order valence-corrected chi connectivity index (χ2v) is 7.04. The van der Waals surface area contributed by atoms with Crippen LogP contribution in [0.4, 0.5) is 10.5 Å². The number of ether oxygens (including phenoxy) is 1. The first-order chi connectivity index (χ1) is 13.4. The van der Waals surface area contributed by atoms with E-state index in [4.69, 9.17) is 4.74 Å². The number of benzene rings is 2. The Morgan fingerprint density at radius 2 is 1.71 bits per heavy atom. The highest BCUT2D eigenvalue weighted by Gasteiger charge is 2.38. The average Bonchev–Trinajstić information content (AvgIpc) is 2.91. The monoisotopic (exact) mass is 381 g/mol. The minimum atomic E-state index is -0.560. The van der Waals surface area contributed by atoms with Crippen LogP contribution in [-0.2, 0) is 9.59 Å². The molecule has 0 aliphatic carbocycles. The summed E-state index contributed by atoms with van der Waals surface area (Å²) in [6.45, 7) is 3.63. The predicted octanol–water partition coefficient (Wildman–Crippen LogP) is 3.38. The first kappa shape index (κ1) is 19.4. The van der Waals surface area contributed by atoms with Crippen molar-refractivity contribution in [1.29, 1.82) is 0 Å². The van der Waals surface area contributed by atoms with Crippen LogP contribution in [-0.4, -0.2) is 35.3 Å². The molecule has 1 aliphatic rings. The van der Waals surface area contributed by atoms with Crippen LogP contribution in [0, 0.1) is 5.92 Å². The van der Waals surface area contributed by atoms with E-state index in [1.807, 2.05) is 44.2 Å². The van der Waals surface area contributed by atoms with Gasteiger partial charge in [-0.1, -0.05) is 32.0 Å². The van der Waals surface area contributed by atoms with E-state index < -0.39 is 18.0 Å². The second-order valence-electron chi connectivity index (χ2n) is 7.04. The van der Waals surface area contributed by atoms with E-state index in [1.54, 1.807) is 24.3 Å². The number of imide groups is 1. The van der Waals surface area contributed by atoms with E-state index in [-0.39, 0.29) is 18.4 Å². The molecule has 0 spiro atoms. The smallest absolute Gasteiger partial charge is 0.325 e. The van der Waals surface area contributed by atoms with Crippen molar-refractivity contribution < 1.29 is 19.1 Å². The van der Waals surface area contributed by atoms with Gasteiger partial charge in [-0.15, -0.1) is 0 Å². The van der Waals surface area contributed by atoms with Gasteiger partial charge in [-0.25, -0.2) is 4.79 Å². The largest absolute Gasteiger partial charge is 0.457 e. The van der Waals surface area contributed by atoms with Gasteiger partial charge in [0.25, 0.3) is 5.91 Å². The third-order valence-corrected chi connectivity index (χ3v) is 4.23. The lowest BCUT2D eigenvalue weighted by atomic mass is 10.0. The fourth-order valence-electron chi connectivity index (χ4n) is 2.93. The van der Waals surface area contributed by atoms with Gasteiger partial charge in [0.05, 0.1) is 0 Å². The Labute approximate surface area is 163 Å². The fourth-order valence-corrected chi connectivity index (χ4v) is 2.93. The van der Waals surface area contributed by atoms with Crippen molar-refractivity contribution >= 4 is 23.5 Å². The summed E-state index contributed by atoms with van der Waals surface area (Å²) < 4.78 is 5.70. The van der Waals surface area contributed by atoms with Crippen molar-refractivity contribution in [3.8, 4) is 11.5 Å². The Morgan fingerprint density at radius 3 is 2.36 bits per heavy atom. The molecule has 146 valence electrons. The fraction of sp³-hybridized carbons (Fsp3) is 0.286. The number of urea groups is 1. The highest BCUT2D eigenvalue weighted by molar-refractivity contribution is 6.07. The summed E-state index contributed by atoms with van der Waals surface area (Å²) in [6, 6.07) is 15.1. The van der Waals surface area contributed by atoms with Gasteiger partial charge in [-0.05, 0) is 48.7 Å². The van der Waals surface area contributed by atoms with Gasteiger partial charge in [-0.3, -0.25) is 14.5 Å². The molecule has 2 aromatic rings. The van der Waals surface area contributed by atoms with Crippen LogP contribution >= 0.6 is 0 Å². The Hall–Kier alpha value is -3.35. The summed E-state index contributed by atoms with van der Waals surface area (Å²) in [6.07, 6.45) is 0.547. The summed E-state index contributed by atoms with van der Waals surface area (Å²) in [4.78, 5) is 37.5. The molecule has 0 saturated carbocycles. The van der Waals surface area contributed by atoms with Crippen molar-refractivity contribution in [1.82, 2.24) is 10.2 Å². The lowest BCUT2D eigenvalue weighted by molar-refractivity contribution is -0.131.